The summed E-state index contributed by atoms with van der Waals surface area (Å²) < 4.78 is 38.1. The number of aromatic nitrogens is 7. The molecule has 2 N–H and O–H groups in total. The van der Waals surface area contributed by atoms with Crippen LogP contribution in [-0.2, 0) is 28.0 Å². The molecule has 17 nitrogen and oxygen atoms in total. The minimum Gasteiger partial charge on any atom is -0.494 e. The largest absolute Gasteiger partial charge is 0.494 e. The summed E-state index contributed by atoms with van der Waals surface area (Å²) in [5, 5.41) is 19.6. The van der Waals surface area contributed by atoms with Gasteiger partial charge in [-0.3, -0.25) is 28.2 Å². The van der Waals surface area contributed by atoms with Gasteiger partial charge in [0.2, 0.25) is 5.91 Å². The van der Waals surface area contributed by atoms with E-state index in [1.54, 1.807) is 66.2 Å². The molecule has 2 fully saturated rings. The van der Waals surface area contributed by atoms with Crippen LogP contribution in [0.2, 0.25) is 0 Å². The fraction of sp³-hybridized carbons (Fsp3) is 0.388. The number of H-pyrrole nitrogens is 1. The zero-order valence-electron chi connectivity index (χ0n) is 38.0. The number of benzene rings is 3. The number of aromatic amines is 1. The van der Waals surface area contributed by atoms with Crippen LogP contribution in [0.15, 0.2) is 81.1 Å². The third-order valence-electron chi connectivity index (χ3n) is 13.9. The number of hydrogen-bond donors (Lipinski definition) is 2. The van der Waals surface area contributed by atoms with E-state index >= 15 is 9.18 Å². The third-order valence-corrected chi connectivity index (χ3v) is 13.9. The summed E-state index contributed by atoms with van der Waals surface area (Å²) in [7, 11) is 1.48. The molecule has 0 radical (unpaired) electrons. The van der Waals surface area contributed by atoms with Crippen LogP contribution in [0.1, 0.15) is 89.7 Å². The normalized spacial score (nSPS) is 18.4. The third kappa shape index (κ3) is 7.38. The number of nitrogens with zero attached hydrogens (tertiary/aromatic N) is 8. The number of rotatable bonds is 12. The van der Waals surface area contributed by atoms with Crippen LogP contribution in [0.25, 0.3) is 28.1 Å². The first-order valence-corrected chi connectivity index (χ1v) is 22.7. The highest BCUT2D eigenvalue weighted by molar-refractivity contribution is 6.00. The number of carbonyl (C=O) groups is 2. The lowest BCUT2D eigenvalue weighted by Crippen LogP contribution is -2.39. The maximum Gasteiger partial charge on any atom is 0.438 e. The summed E-state index contributed by atoms with van der Waals surface area (Å²) in [6.07, 6.45) is 6.42. The molecule has 1 saturated carbocycles. The summed E-state index contributed by atoms with van der Waals surface area (Å²) >= 11 is 0. The Hall–Kier alpha value is -7.05. The number of aliphatic hydroxyl groups is 1. The smallest absolute Gasteiger partial charge is 0.438 e. The Labute approximate surface area is 383 Å². The van der Waals surface area contributed by atoms with Crippen molar-refractivity contribution >= 4 is 28.4 Å². The number of nitrogens with one attached hydrogen (secondary N) is 1. The average Bonchev–Trinajstić information content (AvgIpc) is 3.81. The van der Waals surface area contributed by atoms with E-state index in [1.165, 1.54) is 33.6 Å². The molecule has 2 aliphatic heterocycles. The van der Waals surface area contributed by atoms with Crippen molar-refractivity contribution in [3.05, 3.63) is 133 Å². The second-order valence-corrected chi connectivity index (χ2v) is 18.0. The molecule has 348 valence electrons. The number of hydrogen-bond acceptors (Lipinski definition) is 10. The van der Waals surface area contributed by atoms with Crippen LogP contribution < -0.4 is 21.1 Å². The van der Waals surface area contributed by atoms with Crippen molar-refractivity contribution in [3.63, 3.8) is 0 Å². The van der Waals surface area contributed by atoms with Crippen molar-refractivity contribution in [2.75, 3.05) is 44.9 Å². The van der Waals surface area contributed by atoms with Crippen LogP contribution in [0.3, 0.4) is 0 Å². The van der Waals surface area contributed by atoms with Gasteiger partial charge in [0.1, 0.15) is 28.6 Å². The van der Waals surface area contributed by atoms with Crippen LogP contribution in [0, 0.1) is 25.6 Å². The molecule has 0 unspecified atom stereocenters. The molecule has 1 saturated heterocycles. The van der Waals surface area contributed by atoms with Gasteiger partial charge in [0, 0.05) is 81.2 Å². The molecule has 4 aromatic heterocycles. The van der Waals surface area contributed by atoms with Gasteiger partial charge in [0.05, 0.1) is 36.4 Å². The number of anilines is 1. The Morgan fingerprint density at radius 2 is 1.76 bits per heavy atom. The van der Waals surface area contributed by atoms with Crippen molar-refractivity contribution in [1.29, 1.82) is 0 Å². The average molecular weight is 914 g/mol. The Balaban J connectivity index is 1.08. The van der Waals surface area contributed by atoms with Gasteiger partial charge in [-0.25, -0.2) is 18.7 Å². The van der Waals surface area contributed by atoms with Gasteiger partial charge in [0.15, 0.2) is 5.82 Å². The molecule has 2 atom stereocenters. The quantitative estimate of drug-likeness (QED) is 0.151. The minimum absolute atomic E-state index is 0.0115. The first-order chi connectivity index (χ1) is 32.3. The Bertz CT molecular complexity index is 3180. The van der Waals surface area contributed by atoms with E-state index in [0.717, 1.165) is 23.7 Å². The molecule has 6 heterocycles. The summed E-state index contributed by atoms with van der Waals surface area (Å²) in [6.45, 7) is 8.83. The number of aliphatic hydroxyl groups excluding tert-OH is 1. The highest BCUT2D eigenvalue weighted by Gasteiger charge is 2.59. The molecule has 0 spiro atoms. The van der Waals surface area contributed by atoms with Gasteiger partial charge < -0.3 is 28.9 Å². The number of imidazole rings is 1. The number of methoxy groups -OCH3 is 1. The van der Waals surface area contributed by atoms with Crippen LogP contribution in [-0.4, -0.2) is 95.5 Å². The van der Waals surface area contributed by atoms with Crippen LogP contribution in [0.4, 0.5) is 10.1 Å². The van der Waals surface area contributed by atoms with E-state index in [4.69, 9.17) is 19.1 Å². The molecule has 18 heteroatoms. The van der Waals surface area contributed by atoms with E-state index in [-0.39, 0.29) is 43.2 Å². The summed E-state index contributed by atoms with van der Waals surface area (Å²) in [5.41, 5.74) is 4.79. The molecular weight excluding hydrogens is 862 g/mol. The zero-order chi connectivity index (χ0) is 46.9. The lowest BCUT2D eigenvalue weighted by Gasteiger charge is -2.29. The number of ether oxygens (including phenoxy) is 2. The Morgan fingerprint density at radius 3 is 2.43 bits per heavy atom. The highest BCUT2D eigenvalue weighted by Crippen LogP contribution is 2.56. The van der Waals surface area contributed by atoms with Gasteiger partial charge in [0.25, 0.3) is 5.91 Å². The topological polar surface area (TPSA) is 188 Å². The molecule has 2 amide bonds. The van der Waals surface area contributed by atoms with Crippen LogP contribution >= 0.6 is 0 Å². The van der Waals surface area contributed by atoms with Crippen LogP contribution in [0.5, 0.6) is 5.75 Å². The van der Waals surface area contributed by atoms with Crippen molar-refractivity contribution < 1.29 is 33.1 Å². The van der Waals surface area contributed by atoms with Crippen molar-refractivity contribution in [2.45, 2.75) is 77.8 Å². The lowest BCUT2D eigenvalue weighted by atomic mass is 9.91. The van der Waals surface area contributed by atoms with Crippen molar-refractivity contribution in [3.8, 4) is 22.9 Å². The number of aryl methyl sites for hydroxylation is 2. The van der Waals surface area contributed by atoms with Gasteiger partial charge in [-0.15, -0.1) is 0 Å². The number of halogens is 1. The molecule has 3 aromatic carbocycles. The Kier molecular flexibility index (Phi) is 11.1. The molecular formula is C49H52FN9O8. The molecule has 67 heavy (non-hydrogen) atoms. The fourth-order valence-electron chi connectivity index (χ4n) is 10.3. The molecule has 3 aliphatic rings. The van der Waals surface area contributed by atoms with E-state index < -0.39 is 17.0 Å². The summed E-state index contributed by atoms with van der Waals surface area (Å²) in [6, 6.07) is 16.7. The highest BCUT2D eigenvalue weighted by atomic mass is 19.1. The Morgan fingerprint density at radius 1 is 1.01 bits per heavy atom. The molecule has 0 bridgehead atoms. The maximum absolute atomic E-state index is 15.3. The van der Waals surface area contributed by atoms with Gasteiger partial charge >= 0.3 is 11.4 Å². The fourth-order valence-corrected chi connectivity index (χ4v) is 10.3. The SMILES string of the molecule is COc1cc(-n2ccn(-c3c4c(nn3-c3cc(C)c(F)c(C)c3)CCN(C(=O)c3cc5cc(C6CCOCC6)ccc5n3[C@@]3(c5noc(=O)[nH]5)C[C@@H]3C)C4)c2=O)ccc1N(CCCO)C(C)=O. The van der Waals surface area contributed by atoms with E-state index in [1.807, 2.05) is 10.6 Å². The first-order valence-electron chi connectivity index (χ1n) is 22.7. The predicted octanol–water partition coefficient (Wildman–Crippen LogP) is 5.82. The van der Waals surface area contributed by atoms with E-state index in [0.29, 0.717) is 107 Å². The first kappa shape index (κ1) is 43.8. The second-order valence-electron chi connectivity index (χ2n) is 18.0. The molecule has 7 aromatic rings. The van der Waals surface area contributed by atoms with Gasteiger partial charge in [-0.1, -0.05) is 18.1 Å². The summed E-state index contributed by atoms with van der Waals surface area (Å²) in [5.74, 6) is -0.0499. The maximum atomic E-state index is 15.3. The second kappa shape index (κ2) is 17.0. The summed E-state index contributed by atoms with van der Waals surface area (Å²) in [4.78, 5) is 61.2. The van der Waals surface area contributed by atoms with E-state index in [9.17, 15) is 19.5 Å². The van der Waals surface area contributed by atoms with Gasteiger partial charge in [-0.2, -0.15) is 5.10 Å². The van der Waals surface area contributed by atoms with Crippen molar-refractivity contribution in [2.24, 2.45) is 5.92 Å². The predicted molar refractivity (Wildman–Crippen MR) is 245 cm³/mol. The number of fused-ring (bicyclic) bond motifs is 2. The standard InChI is InChI=1S/C49H52FN9O8/c1-28-21-36(22-29(2)43(28)50)59-44(57-17-16-56(48(57)64)35-8-10-40(42(25-35)65-5)55(31(4)61)14-6-18-60)37-27-54(15-11-38(37)52-59)45(62)41-24-34-23-33(32-12-19-66-20-13-32)7-9-39(34)58(41)49(26-30(49)3)46-51-47(63)67-53-46/h7-10,16-17,21-25,30,32,60H,6,11-15,18-20,26-27H2,1-5H3,(H,51,53,63)/t30-,49-/m0/s1. The number of carbonyl (C=O) groups excluding carboxylic acids is 2. The van der Waals surface area contributed by atoms with Crippen molar-refractivity contribution in [1.82, 2.24) is 38.5 Å². The zero-order valence-corrected chi connectivity index (χ0v) is 38.0. The monoisotopic (exact) mass is 913 g/mol. The molecule has 1 aliphatic carbocycles. The van der Waals surface area contributed by atoms with E-state index in [2.05, 4.69) is 35.3 Å². The number of amides is 2. The minimum atomic E-state index is -0.838. The molecule has 10 rings (SSSR count). The van der Waals surface area contributed by atoms with Gasteiger partial charge in [-0.05, 0) is 111 Å². The lowest BCUT2D eigenvalue weighted by molar-refractivity contribution is -0.116.